The van der Waals surface area contributed by atoms with Gasteiger partial charge in [-0.25, -0.2) is 4.79 Å². The number of carbonyl (C=O) groups is 3. The summed E-state index contributed by atoms with van der Waals surface area (Å²) in [6, 6.07) is 21.2. The minimum absolute atomic E-state index is 0.0901. The molecule has 0 aliphatic carbocycles. The summed E-state index contributed by atoms with van der Waals surface area (Å²) in [4.78, 5) is 49.0. The molecule has 0 bridgehead atoms. The molecule has 0 fully saturated rings. The van der Waals surface area contributed by atoms with Crippen LogP contribution < -0.4 is 16.6 Å². The molecule has 0 spiro atoms. The Kier molecular flexibility index (Phi) is 5.94. The van der Waals surface area contributed by atoms with Crippen LogP contribution in [0.3, 0.4) is 0 Å². The first kappa shape index (κ1) is 21.4. The number of carbonyl (C=O) groups excluding carboxylic acids is 3. The van der Waals surface area contributed by atoms with E-state index in [2.05, 4.69) is 10.4 Å². The molecule has 2 amide bonds. The highest BCUT2D eigenvalue weighted by molar-refractivity contribution is 6.03. The van der Waals surface area contributed by atoms with Crippen LogP contribution in [-0.4, -0.2) is 34.2 Å². The SMILES string of the molecule is NC(=O)c1ccc(NC(=O)COC(=O)c2nn(-c3ccccc3)c(=O)c3ccccc23)cc1. The van der Waals surface area contributed by atoms with E-state index in [1.165, 1.54) is 24.3 Å². The molecule has 3 aromatic carbocycles. The van der Waals surface area contributed by atoms with Crippen molar-refractivity contribution in [3.63, 3.8) is 0 Å². The Morgan fingerprint density at radius 1 is 0.879 bits per heavy atom. The van der Waals surface area contributed by atoms with Crippen LogP contribution in [0.4, 0.5) is 5.69 Å². The molecule has 0 atom stereocenters. The summed E-state index contributed by atoms with van der Waals surface area (Å²) in [6.07, 6.45) is 0. The first-order valence-electron chi connectivity index (χ1n) is 9.88. The van der Waals surface area contributed by atoms with Crippen LogP contribution in [0, 0.1) is 0 Å². The van der Waals surface area contributed by atoms with E-state index in [9.17, 15) is 19.2 Å². The standard InChI is InChI=1S/C24H18N4O5/c25-22(30)15-10-12-16(13-11-15)26-20(29)14-33-24(32)21-18-8-4-5-9-19(18)23(31)28(27-21)17-6-2-1-3-7-17/h1-13H,14H2,(H2,25,30)(H,26,29). The molecule has 0 saturated carbocycles. The lowest BCUT2D eigenvalue weighted by molar-refractivity contribution is -0.119. The van der Waals surface area contributed by atoms with Gasteiger partial charge in [0.05, 0.1) is 11.1 Å². The van der Waals surface area contributed by atoms with Crippen LogP contribution in [0.5, 0.6) is 0 Å². The van der Waals surface area contributed by atoms with Gasteiger partial charge in [-0.05, 0) is 42.5 Å². The average Bonchev–Trinajstić information content (AvgIpc) is 2.84. The zero-order valence-electron chi connectivity index (χ0n) is 17.2. The van der Waals surface area contributed by atoms with E-state index in [-0.39, 0.29) is 11.3 Å². The van der Waals surface area contributed by atoms with Crippen LogP contribution in [-0.2, 0) is 9.53 Å². The Morgan fingerprint density at radius 3 is 2.18 bits per heavy atom. The van der Waals surface area contributed by atoms with Gasteiger partial charge in [0.2, 0.25) is 5.91 Å². The van der Waals surface area contributed by atoms with Crippen LogP contribution in [0.25, 0.3) is 16.5 Å². The van der Waals surface area contributed by atoms with Crippen molar-refractivity contribution in [1.29, 1.82) is 0 Å². The number of hydrogen-bond acceptors (Lipinski definition) is 6. The quantitative estimate of drug-likeness (QED) is 0.440. The van der Waals surface area contributed by atoms with Crippen molar-refractivity contribution < 1.29 is 19.1 Å². The van der Waals surface area contributed by atoms with E-state index < -0.39 is 24.4 Å². The third kappa shape index (κ3) is 4.62. The number of hydrogen-bond donors (Lipinski definition) is 2. The third-order valence-electron chi connectivity index (χ3n) is 4.79. The van der Waals surface area contributed by atoms with Gasteiger partial charge in [0.1, 0.15) is 0 Å². The van der Waals surface area contributed by atoms with Gasteiger partial charge in [-0.15, -0.1) is 0 Å². The second kappa shape index (κ2) is 9.15. The van der Waals surface area contributed by atoms with Gasteiger partial charge in [0.15, 0.2) is 12.3 Å². The number of para-hydroxylation sites is 1. The third-order valence-corrected chi connectivity index (χ3v) is 4.79. The summed E-state index contributed by atoms with van der Waals surface area (Å²) in [6.45, 7) is -0.573. The highest BCUT2D eigenvalue weighted by Gasteiger charge is 2.19. The van der Waals surface area contributed by atoms with E-state index in [1.807, 2.05) is 0 Å². The van der Waals surface area contributed by atoms with Crippen molar-refractivity contribution >= 4 is 34.2 Å². The fraction of sp³-hybridized carbons (Fsp3) is 0.0417. The number of esters is 1. The monoisotopic (exact) mass is 442 g/mol. The minimum Gasteiger partial charge on any atom is -0.451 e. The first-order valence-corrected chi connectivity index (χ1v) is 9.88. The van der Waals surface area contributed by atoms with E-state index in [1.54, 1.807) is 54.6 Å². The number of benzene rings is 3. The van der Waals surface area contributed by atoms with Gasteiger partial charge in [-0.3, -0.25) is 14.4 Å². The molecule has 0 aliphatic rings. The summed E-state index contributed by atoms with van der Waals surface area (Å²) in [5.74, 6) is -2.02. The highest BCUT2D eigenvalue weighted by Crippen LogP contribution is 2.16. The maximum Gasteiger partial charge on any atom is 0.359 e. The topological polar surface area (TPSA) is 133 Å². The molecule has 33 heavy (non-hydrogen) atoms. The lowest BCUT2D eigenvalue weighted by Gasteiger charge is -2.11. The number of anilines is 1. The van der Waals surface area contributed by atoms with Gasteiger partial charge >= 0.3 is 5.97 Å². The number of rotatable bonds is 6. The second-order valence-electron chi connectivity index (χ2n) is 7.01. The normalized spacial score (nSPS) is 10.5. The van der Waals surface area contributed by atoms with Gasteiger partial charge < -0.3 is 15.8 Å². The Bertz CT molecular complexity index is 1410. The van der Waals surface area contributed by atoms with Crippen molar-refractivity contribution in [2.45, 2.75) is 0 Å². The minimum atomic E-state index is -0.852. The van der Waals surface area contributed by atoms with E-state index in [4.69, 9.17) is 10.5 Å². The van der Waals surface area contributed by atoms with Crippen LogP contribution in [0.2, 0.25) is 0 Å². The molecule has 3 N–H and O–H groups in total. The van der Waals surface area contributed by atoms with Crippen molar-refractivity contribution in [2.75, 3.05) is 11.9 Å². The van der Waals surface area contributed by atoms with Crippen LogP contribution in [0.1, 0.15) is 20.8 Å². The Morgan fingerprint density at radius 2 is 1.52 bits per heavy atom. The molecule has 9 nitrogen and oxygen atoms in total. The molecule has 0 unspecified atom stereocenters. The molecular weight excluding hydrogens is 424 g/mol. The van der Waals surface area contributed by atoms with E-state index in [0.717, 1.165) is 4.68 Å². The first-order chi connectivity index (χ1) is 15.9. The highest BCUT2D eigenvalue weighted by atomic mass is 16.5. The number of fused-ring (bicyclic) bond motifs is 1. The van der Waals surface area contributed by atoms with Gasteiger partial charge in [0.25, 0.3) is 11.5 Å². The second-order valence-corrected chi connectivity index (χ2v) is 7.01. The molecular formula is C24H18N4O5. The predicted octanol–water partition coefficient (Wildman–Crippen LogP) is 2.28. The number of amides is 2. The summed E-state index contributed by atoms with van der Waals surface area (Å²) >= 11 is 0. The number of aromatic nitrogens is 2. The molecule has 1 aromatic heterocycles. The van der Waals surface area contributed by atoms with Gasteiger partial charge in [0, 0.05) is 16.6 Å². The lowest BCUT2D eigenvalue weighted by Crippen LogP contribution is -2.26. The Balaban J connectivity index is 1.55. The molecule has 4 rings (SSSR count). The molecule has 0 radical (unpaired) electrons. The summed E-state index contributed by atoms with van der Waals surface area (Å²) in [5, 5.41) is 7.38. The zero-order valence-corrected chi connectivity index (χ0v) is 17.2. The fourth-order valence-electron chi connectivity index (χ4n) is 3.20. The van der Waals surface area contributed by atoms with E-state index >= 15 is 0 Å². The van der Waals surface area contributed by atoms with Crippen molar-refractivity contribution in [3.8, 4) is 5.69 Å². The molecule has 0 aliphatic heterocycles. The summed E-state index contributed by atoms with van der Waals surface area (Å²) in [7, 11) is 0. The van der Waals surface area contributed by atoms with Crippen molar-refractivity contribution in [3.05, 3.63) is 100 Å². The molecule has 1 heterocycles. The maximum atomic E-state index is 12.9. The smallest absolute Gasteiger partial charge is 0.359 e. The number of primary amides is 1. The zero-order chi connectivity index (χ0) is 23.4. The van der Waals surface area contributed by atoms with Crippen LogP contribution in [0.15, 0.2) is 83.7 Å². The fourth-order valence-corrected chi connectivity index (χ4v) is 3.20. The summed E-state index contributed by atoms with van der Waals surface area (Å²) in [5.41, 5.74) is 5.90. The molecule has 9 heteroatoms. The van der Waals surface area contributed by atoms with Crippen molar-refractivity contribution in [2.24, 2.45) is 5.73 Å². The average molecular weight is 442 g/mol. The maximum absolute atomic E-state index is 12.9. The number of nitrogens with zero attached hydrogens (tertiary/aromatic N) is 2. The van der Waals surface area contributed by atoms with Crippen LogP contribution >= 0.6 is 0 Å². The largest absolute Gasteiger partial charge is 0.451 e. The lowest BCUT2D eigenvalue weighted by atomic mass is 10.1. The Hall–Kier alpha value is -4.79. The molecule has 164 valence electrons. The van der Waals surface area contributed by atoms with E-state index in [0.29, 0.717) is 27.7 Å². The number of nitrogens with two attached hydrogens (primary N) is 1. The summed E-state index contributed by atoms with van der Waals surface area (Å²) < 4.78 is 6.28. The van der Waals surface area contributed by atoms with Gasteiger partial charge in [-0.1, -0.05) is 36.4 Å². The molecule has 0 saturated heterocycles. The Labute approximate surface area is 187 Å². The predicted molar refractivity (Wildman–Crippen MR) is 121 cm³/mol. The van der Waals surface area contributed by atoms with Crippen molar-refractivity contribution in [1.82, 2.24) is 9.78 Å². The molecule has 4 aromatic rings. The number of ether oxygens (including phenoxy) is 1. The number of nitrogens with one attached hydrogen (secondary N) is 1. The van der Waals surface area contributed by atoms with Gasteiger partial charge in [-0.2, -0.15) is 9.78 Å².